The van der Waals surface area contributed by atoms with Gasteiger partial charge in [0.1, 0.15) is 0 Å². The number of aliphatic imine (C=N–C) groups is 1. The minimum Gasteiger partial charge on any atom is -0.381 e. The van der Waals surface area contributed by atoms with Crippen LogP contribution in [-0.2, 0) is 10.2 Å². The Balaban J connectivity index is 2.04. The van der Waals surface area contributed by atoms with Crippen molar-refractivity contribution in [1.82, 2.24) is 10.2 Å². The van der Waals surface area contributed by atoms with Crippen molar-refractivity contribution in [3.63, 3.8) is 0 Å². The van der Waals surface area contributed by atoms with Gasteiger partial charge in [-0.1, -0.05) is 41.9 Å². The third-order valence-electron chi connectivity index (χ3n) is 4.50. The molecule has 0 spiro atoms. The third kappa shape index (κ3) is 5.49. The first-order valence-electron chi connectivity index (χ1n) is 8.75. The van der Waals surface area contributed by atoms with Crippen LogP contribution in [-0.4, -0.2) is 50.8 Å². The van der Waals surface area contributed by atoms with Gasteiger partial charge in [-0.2, -0.15) is 0 Å². The Morgan fingerprint density at radius 2 is 2.08 bits per heavy atom. The molecule has 1 aliphatic heterocycles. The number of guanidine groups is 1. The normalized spacial score (nSPS) is 18.7. The third-order valence-corrected chi connectivity index (χ3v) is 5.03. The van der Waals surface area contributed by atoms with Gasteiger partial charge in [0.15, 0.2) is 5.96 Å². The van der Waals surface area contributed by atoms with Crippen LogP contribution in [0.5, 0.6) is 0 Å². The fourth-order valence-electron chi connectivity index (χ4n) is 2.94. The van der Waals surface area contributed by atoms with E-state index in [2.05, 4.69) is 78.2 Å². The molecule has 0 aliphatic carbocycles. The van der Waals surface area contributed by atoms with Gasteiger partial charge in [0.05, 0.1) is 13.2 Å². The van der Waals surface area contributed by atoms with Crippen molar-refractivity contribution in [2.45, 2.75) is 32.6 Å². The number of hydrogen-bond donors (Lipinski definition) is 1. The fraction of sp³-hybridized carbons (Fsp3) is 0.632. The SMILES string of the molecule is CCNC(=NCC(C)(C)c1ccc(Br)cc1)N(C)CC1CCOC1. The van der Waals surface area contributed by atoms with Crippen LogP contribution in [0.4, 0.5) is 0 Å². The minimum atomic E-state index is -0.00131. The van der Waals surface area contributed by atoms with Crippen molar-refractivity contribution >= 4 is 21.9 Å². The topological polar surface area (TPSA) is 36.9 Å². The highest BCUT2D eigenvalue weighted by molar-refractivity contribution is 9.10. The van der Waals surface area contributed by atoms with E-state index < -0.39 is 0 Å². The van der Waals surface area contributed by atoms with E-state index in [1.54, 1.807) is 0 Å². The van der Waals surface area contributed by atoms with Gasteiger partial charge in [-0.05, 0) is 31.0 Å². The highest BCUT2D eigenvalue weighted by Crippen LogP contribution is 2.25. The van der Waals surface area contributed by atoms with Crippen LogP contribution in [0.1, 0.15) is 32.8 Å². The van der Waals surface area contributed by atoms with Crippen LogP contribution in [0.25, 0.3) is 0 Å². The van der Waals surface area contributed by atoms with Crippen LogP contribution in [0.2, 0.25) is 0 Å². The highest BCUT2D eigenvalue weighted by atomic mass is 79.9. The molecule has 1 fully saturated rings. The number of rotatable bonds is 6. The van der Waals surface area contributed by atoms with E-state index in [-0.39, 0.29) is 5.41 Å². The van der Waals surface area contributed by atoms with E-state index in [1.807, 2.05) is 0 Å². The van der Waals surface area contributed by atoms with Crippen LogP contribution >= 0.6 is 15.9 Å². The largest absolute Gasteiger partial charge is 0.381 e. The number of halogens is 1. The summed E-state index contributed by atoms with van der Waals surface area (Å²) < 4.78 is 6.60. The zero-order valence-electron chi connectivity index (χ0n) is 15.3. The highest BCUT2D eigenvalue weighted by Gasteiger charge is 2.22. The number of nitrogens with zero attached hydrogens (tertiary/aromatic N) is 2. The molecule has 134 valence electrons. The molecule has 1 saturated heterocycles. The molecule has 4 nitrogen and oxygen atoms in total. The molecule has 1 aromatic carbocycles. The van der Waals surface area contributed by atoms with Gasteiger partial charge in [-0.25, -0.2) is 0 Å². The number of ether oxygens (including phenoxy) is 1. The Kier molecular flexibility index (Phi) is 7.11. The average Bonchev–Trinajstić information content (AvgIpc) is 3.04. The maximum Gasteiger partial charge on any atom is 0.193 e. The van der Waals surface area contributed by atoms with Gasteiger partial charge in [0.25, 0.3) is 0 Å². The van der Waals surface area contributed by atoms with Crippen molar-refractivity contribution in [3.05, 3.63) is 34.3 Å². The fourth-order valence-corrected chi connectivity index (χ4v) is 3.20. The lowest BCUT2D eigenvalue weighted by molar-refractivity contribution is 0.181. The summed E-state index contributed by atoms with van der Waals surface area (Å²) in [6.07, 6.45) is 1.15. The van der Waals surface area contributed by atoms with Crippen LogP contribution in [0.3, 0.4) is 0 Å². The summed E-state index contributed by atoms with van der Waals surface area (Å²) >= 11 is 3.50. The van der Waals surface area contributed by atoms with Crippen LogP contribution in [0, 0.1) is 5.92 Å². The van der Waals surface area contributed by atoms with Gasteiger partial charge < -0.3 is 15.0 Å². The molecule has 1 aliphatic rings. The number of benzene rings is 1. The number of nitrogens with one attached hydrogen (secondary N) is 1. The summed E-state index contributed by atoms with van der Waals surface area (Å²) in [5.41, 5.74) is 1.30. The predicted molar refractivity (Wildman–Crippen MR) is 105 cm³/mol. The molecule has 1 heterocycles. The lowest BCUT2D eigenvalue weighted by Crippen LogP contribution is -2.42. The van der Waals surface area contributed by atoms with Gasteiger partial charge in [-0.15, -0.1) is 0 Å². The molecule has 0 radical (unpaired) electrons. The number of hydrogen-bond acceptors (Lipinski definition) is 2. The summed E-state index contributed by atoms with van der Waals surface area (Å²) in [5.74, 6) is 1.59. The van der Waals surface area contributed by atoms with E-state index in [9.17, 15) is 0 Å². The molecule has 24 heavy (non-hydrogen) atoms. The second-order valence-electron chi connectivity index (χ2n) is 7.17. The first-order chi connectivity index (χ1) is 11.4. The predicted octanol–water partition coefficient (Wildman–Crippen LogP) is 3.66. The summed E-state index contributed by atoms with van der Waals surface area (Å²) in [7, 11) is 2.12. The van der Waals surface area contributed by atoms with Crippen LogP contribution in [0.15, 0.2) is 33.7 Å². The van der Waals surface area contributed by atoms with Gasteiger partial charge >= 0.3 is 0 Å². The van der Waals surface area contributed by atoms with Gasteiger partial charge in [0, 0.05) is 42.5 Å². The summed E-state index contributed by atoms with van der Waals surface area (Å²) in [5, 5.41) is 3.42. The zero-order chi connectivity index (χ0) is 17.6. The molecule has 0 aromatic heterocycles. The molecule has 1 aromatic rings. The monoisotopic (exact) mass is 395 g/mol. The molecule has 0 bridgehead atoms. The second-order valence-corrected chi connectivity index (χ2v) is 8.09. The molecule has 1 atom stereocenters. The van der Waals surface area contributed by atoms with E-state index in [4.69, 9.17) is 9.73 Å². The molecular weight excluding hydrogens is 366 g/mol. The molecule has 1 unspecified atom stereocenters. The smallest absolute Gasteiger partial charge is 0.193 e. The van der Waals surface area contributed by atoms with E-state index in [0.29, 0.717) is 5.92 Å². The van der Waals surface area contributed by atoms with E-state index in [1.165, 1.54) is 5.56 Å². The quantitative estimate of drug-likeness (QED) is 0.589. The molecular formula is C19H30BrN3O. The first-order valence-corrected chi connectivity index (χ1v) is 9.55. The van der Waals surface area contributed by atoms with Crippen molar-refractivity contribution in [2.75, 3.05) is 39.9 Å². The Morgan fingerprint density at radius 1 is 1.38 bits per heavy atom. The van der Waals surface area contributed by atoms with Crippen LogP contribution < -0.4 is 5.32 Å². The first kappa shape index (κ1) is 19.3. The average molecular weight is 396 g/mol. The van der Waals surface area contributed by atoms with E-state index >= 15 is 0 Å². The van der Waals surface area contributed by atoms with Gasteiger partial charge in [0.2, 0.25) is 0 Å². The van der Waals surface area contributed by atoms with Crippen molar-refractivity contribution < 1.29 is 4.74 Å². The standard InChI is InChI=1S/C19H30BrN3O/c1-5-21-18(23(4)12-15-10-11-24-13-15)22-14-19(2,3)16-6-8-17(20)9-7-16/h6-9,15H,5,10-14H2,1-4H3,(H,21,22). The molecule has 2 rings (SSSR count). The van der Waals surface area contributed by atoms with Crippen molar-refractivity contribution in [1.29, 1.82) is 0 Å². The Bertz CT molecular complexity index is 536. The zero-order valence-corrected chi connectivity index (χ0v) is 16.9. The Hall–Kier alpha value is -1.07. The second kappa shape index (κ2) is 8.86. The Labute approximate surface area is 154 Å². The summed E-state index contributed by atoms with van der Waals surface area (Å²) in [6, 6.07) is 8.54. The lowest BCUT2D eigenvalue weighted by atomic mass is 9.85. The maximum absolute atomic E-state index is 5.49. The van der Waals surface area contributed by atoms with Crippen molar-refractivity contribution in [2.24, 2.45) is 10.9 Å². The Morgan fingerprint density at radius 3 is 2.67 bits per heavy atom. The molecule has 5 heteroatoms. The lowest BCUT2D eigenvalue weighted by Gasteiger charge is -2.27. The molecule has 0 saturated carbocycles. The summed E-state index contributed by atoms with van der Waals surface area (Å²) in [6.45, 7) is 11.0. The molecule has 1 N–H and O–H groups in total. The van der Waals surface area contributed by atoms with Crippen molar-refractivity contribution in [3.8, 4) is 0 Å². The maximum atomic E-state index is 5.49. The minimum absolute atomic E-state index is 0.00131. The van der Waals surface area contributed by atoms with E-state index in [0.717, 1.165) is 49.7 Å². The van der Waals surface area contributed by atoms with Gasteiger partial charge in [-0.3, -0.25) is 4.99 Å². The summed E-state index contributed by atoms with van der Waals surface area (Å²) in [4.78, 5) is 7.14. The molecule has 0 amide bonds.